The molecule has 1 unspecified atom stereocenters. The van der Waals surface area contributed by atoms with Crippen LogP contribution in [0.4, 0.5) is 24.7 Å². The maximum Gasteiger partial charge on any atom is 0.416 e. The first-order chi connectivity index (χ1) is 12.4. The molecule has 0 bridgehead atoms. The Bertz CT molecular complexity index is 774. The number of nitrogens with one attached hydrogen (secondary N) is 2. The summed E-state index contributed by atoms with van der Waals surface area (Å²) in [5.41, 5.74) is -0.322. The van der Waals surface area contributed by atoms with Crippen LogP contribution in [-0.2, 0) is 10.9 Å². The Kier molecular flexibility index (Phi) is 5.41. The second-order valence-electron chi connectivity index (χ2n) is 5.95. The maximum absolute atomic E-state index is 12.8. The third kappa shape index (κ3) is 4.51. The van der Waals surface area contributed by atoms with Crippen LogP contribution in [0.15, 0.2) is 42.6 Å². The number of rotatable bonds is 5. The first kappa shape index (κ1) is 18.2. The van der Waals surface area contributed by atoms with Crippen molar-refractivity contribution in [2.75, 3.05) is 18.5 Å². The minimum Gasteiger partial charge on any atom is -0.376 e. The molecule has 1 fully saturated rings. The van der Waals surface area contributed by atoms with E-state index in [2.05, 4.69) is 15.6 Å². The van der Waals surface area contributed by atoms with Gasteiger partial charge in [-0.05, 0) is 43.2 Å². The molecular weight excluding hydrogens is 347 g/mol. The summed E-state index contributed by atoms with van der Waals surface area (Å²) >= 11 is 0. The van der Waals surface area contributed by atoms with Crippen LogP contribution in [0, 0.1) is 0 Å². The number of pyridine rings is 1. The Labute approximate surface area is 148 Å². The van der Waals surface area contributed by atoms with Crippen molar-refractivity contribution in [3.63, 3.8) is 0 Å². The number of ether oxygens (including phenoxy) is 1. The highest BCUT2D eigenvalue weighted by molar-refractivity contribution is 5.99. The lowest BCUT2D eigenvalue weighted by Crippen LogP contribution is -2.32. The minimum absolute atomic E-state index is 0.00417. The van der Waals surface area contributed by atoms with Gasteiger partial charge in [0.15, 0.2) is 0 Å². The highest BCUT2D eigenvalue weighted by Crippen LogP contribution is 2.31. The van der Waals surface area contributed by atoms with Crippen molar-refractivity contribution in [1.29, 1.82) is 0 Å². The number of aromatic nitrogens is 1. The summed E-state index contributed by atoms with van der Waals surface area (Å²) < 4.78 is 44.0. The Morgan fingerprint density at radius 1 is 1.27 bits per heavy atom. The molecule has 26 heavy (non-hydrogen) atoms. The van der Waals surface area contributed by atoms with Crippen molar-refractivity contribution >= 4 is 17.4 Å². The molecule has 5 nitrogen and oxygen atoms in total. The second kappa shape index (κ2) is 7.74. The summed E-state index contributed by atoms with van der Waals surface area (Å²) in [6.45, 7) is 1.08. The molecule has 1 atom stereocenters. The van der Waals surface area contributed by atoms with Gasteiger partial charge in [-0.3, -0.25) is 4.79 Å². The van der Waals surface area contributed by atoms with E-state index in [1.807, 2.05) is 0 Å². The largest absolute Gasteiger partial charge is 0.416 e. The summed E-state index contributed by atoms with van der Waals surface area (Å²) in [6.07, 6.45) is -1.12. The number of nitrogens with zero attached hydrogens (tertiary/aromatic N) is 1. The highest BCUT2D eigenvalue weighted by Gasteiger charge is 2.30. The molecule has 0 radical (unpaired) electrons. The molecule has 2 heterocycles. The van der Waals surface area contributed by atoms with Crippen molar-refractivity contribution in [1.82, 2.24) is 10.3 Å². The average molecular weight is 365 g/mol. The number of alkyl halides is 3. The average Bonchev–Trinajstić information content (AvgIpc) is 3.13. The molecule has 0 spiro atoms. The first-order valence-corrected chi connectivity index (χ1v) is 8.22. The SMILES string of the molecule is O=C(NCC1CCCO1)c1cccnc1Nc1cccc(C(F)(F)F)c1. The summed E-state index contributed by atoms with van der Waals surface area (Å²) in [4.78, 5) is 16.5. The van der Waals surface area contributed by atoms with Gasteiger partial charge in [-0.1, -0.05) is 6.07 Å². The van der Waals surface area contributed by atoms with E-state index in [9.17, 15) is 18.0 Å². The Hall–Kier alpha value is -2.61. The normalized spacial score (nSPS) is 17.1. The van der Waals surface area contributed by atoms with Crippen LogP contribution in [0.2, 0.25) is 0 Å². The van der Waals surface area contributed by atoms with Gasteiger partial charge in [0, 0.05) is 25.0 Å². The van der Waals surface area contributed by atoms with Crippen molar-refractivity contribution in [3.8, 4) is 0 Å². The zero-order valence-corrected chi connectivity index (χ0v) is 13.8. The van der Waals surface area contributed by atoms with Crippen LogP contribution >= 0.6 is 0 Å². The van der Waals surface area contributed by atoms with Gasteiger partial charge in [0.1, 0.15) is 5.82 Å². The Morgan fingerprint density at radius 2 is 2.12 bits per heavy atom. The van der Waals surface area contributed by atoms with Crippen molar-refractivity contribution < 1.29 is 22.7 Å². The quantitative estimate of drug-likeness (QED) is 0.847. The Morgan fingerprint density at radius 3 is 2.85 bits per heavy atom. The fourth-order valence-corrected chi connectivity index (χ4v) is 2.71. The van der Waals surface area contributed by atoms with Crippen LogP contribution in [0.5, 0.6) is 0 Å². The second-order valence-corrected chi connectivity index (χ2v) is 5.95. The molecule has 2 N–H and O–H groups in total. The van der Waals surface area contributed by atoms with E-state index in [1.165, 1.54) is 18.3 Å². The fourth-order valence-electron chi connectivity index (χ4n) is 2.71. The number of carbonyl (C=O) groups is 1. The van der Waals surface area contributed by atoms with E-state index >= 15 is 0 Å². The zero-order valence-electron chi connectivity index (χ0n) is 13.8. The van der Waals surface area contributed by atoms with Crippen LogP contribution in [0.25, 0.3) is 0 Å². The van der Waals surface area contributed by atoms with Crippen LogP contribution < -0.4 is 10.6 Å². The molecule has 1 amide bonds. The van der Waals surface area contributed by atoms with Gasteiger partial charge in [-0.15, -0.1) is 0 Å². The van der Waals surface area contributed by atoms with E-state index in [0.29, 0.717) is 13.2 Å². The summed E-state index contributed by atoms with van der Waals surface area (Å²) in [5.74, 6) is -0.167. The lowest BCUT2D eigenvalue weighted by atomic mass is 10.1. The molecule has 1 aromatic carbocycles. The minimum atomic E-state index is -4.44. The molecule has 8 heteroatoms. The molecule has 138 valence electrons. The van der Waals surface area contributed by atoms with Gasteiger partial charge < -0.3 is 15.4 Å². The molecule has 0 aliphatic carbocycles. The monoisotopic (exact) mass is 365 g/mol. The number of carbonyl (C=O) groups excluding carboxylic acids is 1. The molecule has 1 aromatic heterocycles. The highest BCUT2D eigenvalue weighted by atomic mass is 19.4. The van der Waals surface area contributed by atoms with Gasteiger partial charge in [0.25, 0.3) is 5.91 Å². The summed E-state index contributed by atoms with van der Waals surface area (Å²) in [7, 11) is 0. The number of benzene rings is 1. The zero-order chi connectivity index (χ0) is 18.6. The lowest BCUT2D eigenvalue weighted by Gasteiger charge is -2.14. The third-order valence-electron chi connectivity index (χ3n) is 4.02. The van der Waals surface area contributed by atoms with E-state index in [0.717, 1.165) is 25.0 Å². The van der Waals surface area contributed by atoms with Gasteiger partial charge in [0.05, 0.1) is 17.2 Å². The predicted octanol–water partition coefficient (Wildman–Crippen LogP) is 3.75. The van der Waals surface area contributed by atoms with Gasteiger partial charge in [-0.2, -0.15) is 13.2 Å². The number of hydrogen-bond donors (Lipinski definition) is 2. The lowest BCUT2D eigenvalue weighted by molar-refractivity contribution is -0.137. The number of hydrogen-bond acceptors (Lipinski definition) is 4. The van der Waals surface area contributed by atoms with Gasteiger partial charge in [0.2, 0.25) is 0 Å². The van der Waals surface area contributed by atoms with Crippen molar-refractivity contribution in [2.45, 2.75) is 25.1 Å². The molecule has 1 aliphatic rings. The number of amides is 1. The fraction of sp³-hybridized carbons (Fsp3) is 0.333. The number of anilines is 2. The third-order valence-corrected chi connectivity index (χ3v) is 4.02. The van der Waals surface area contributed by atoms with E-state index < -0.39 is 11.7 Å². The molecule has 1 saturated heterocycles. The summed E-state index contributed by atoms with van der Waals surface area (Å²) in [6, 6.07) is 7.90. The van der Waals surface area contributed by atoms with Crippen LogP contribution in [0.3, 0.4) is 0 Å². The smallest absolute Gasteiger partial charge is 0.376 e. The van der Waals surface area contributed by atoms with E-state index in [-0.39, 0.29) is 29.1 Å². The standard InChI is InChI=1S/C18H18F3N3O2/c19-18(20,21)12-4-1-5-13(10-12)24-16-15(7-2-8-22-16)17(25)23-11-14-6-3-9-26-14/h1-2,4-5,7-8,10,14H,3,6,9,11H2,(H,22,24)(H,23,25). The molecule has 0 saturated carbocycles. The predicted molar refractivity (Wildman–Crippen MR) is 90.3 cm³/mol. The topological polar surface area (TPSA) is 63.2 Å². The Balaban J connectivity index is 1.73. The molecule has 2 aromatic rings. The first-order valence-electron chi connectivity index (χ1n) is 8.22. The summed E-state index contributed by atoms with van der Waals surface area (Å²) in [5, 5.41) is 5.57. The van der Waals surface area contributed by atoms with E-state index in [4.69, 9.17) is 4.74 Å². The van der Waals surface area contributed by atoms with E-state index in [1.54, 1.807) is 12.1 Å². The van der Waals surface area contributed by atoms with Crippen LogP contribution in [0.1, 0.15) is 28.8 Å². The molecular formula is C18H18F3N3O2. The van der Waals surface area contributed by atoms with Gasteiger partial charge in [-0.25, -0.2) is 4.98 Å². The molecule has 1 aliphatic heterocycles. The van der Waals surface area contributed by atoms with Crippen molar-refractivity contribution in [3.05, 3.63) is 53.7 Å². The maximum atomic E-state index is 12.8. The number of halogens is 3. The molecule has 3 rings (SSSR count). The van der Waals surface area contributed by atoms with Crippen LogP contribution in [-0.4, -0.2) is 30.1 Å². The van der Waals surface area contributed by atoms with Crippen molar-refractivity contribution in [2.24, 2.45) is 0 Å². The van der Waals surface area contributed by atoms with Gasteiger partial charge >= 0.3 is 6.18 Å².